The van der Waals surface area contributed by atoms with Gasteiger partial charge in [0.15, 0.2) is 5.13 Å². The molecule has 0 saturated carbocycles. The first-order valence-corrected chi connectivity index (χ1v) is 11.5. The zero-order valence-corrected chi connectivity index (χ0v) is 19.4. The van der Waals surface area contributed by atoms with E-state index >= 15 is 0 Å². The van der Waals surface area contributed by atoms with Crippen molar-refractivity contribution in [2.75, 3.05) is 51.4 Å². The van der Waals surface area contributed by atoms with E-state index in [0.29, 0.717) is 46.9 Å². The number of aromatic nitrogens is 3. The smallest absolute Gasteiger partial charge is 0.278 e. The maximum atomic E-state index is 13.6. The molecule has 10 heteroatoms. The van der Waals surface area contributed by atoms with Gasteiger partial charge < -0.3 is 9.47 Å². The molecule has 0 spiro atoms. The number of halogens is 1. The lowest BCUT2D eigenvalue weighted by Gasteiger charge is -2.29. The molecule has 1 amide bonds. The van der Waals surface area contributed by atoms with Gasteiger partial charge in [-0.25, -0.2) is 4.98 Å². The largest absolute Gasteiger partial charge is 0.494 e. The van der Waals surface area contributed by atoms with Gasteiger partial charge in [0.2, 0.25) is 0 Å². The first-order chi connectivity index (χ1) is 15.0. The van der Waals surface area contributed by atoms with Crippen molar-refractivity contribution >= 4 is 44.2 Å². The van der Waals surface area contributed by atoms with E-state index in [0.717, 1.165) is 24.3 Å². The Balaban J connectivity index is 1.71. The van der Waals surface area contributed by atoms with Gasteiger partial charge in [-0.05, 0) is 32.0 Å². The Kier molecular flexibility index (Phi) is 6.76. The number of morpholine rings is 1. The molecule has 0 unspecified atom stereocenters. The van der Waals surface area contributed by atoms with Gasteiger partial charge in [-0.2, -0.15) is 5.10 Å². The number of thiazole rings is 1. The van der Waals surface area contributed by atoms with Crippen LogP contribution in [-0.2, 0) is 4.74 Å². The molecule has 0 atom stereocenters. The van der Waals surface area contributed by atoms with Crippen LogP contribution in [-0.4, -0.2) is 72.1 Å². The highest BCUT2D eigenvalue weighted by molar-refractivity contribution is 7.23. The summed E-state index contributed by atoms with van der Waals surface area (Å²) in [7, 11) is 1.60. The van der Waals surface area contributed by atoms with E-state index in [2.05, 4.69) is 10.00 Å². The molecule has 0 aliphatic carbocycles. The first-order valence-electron chi connectivity index (χ1n) is 10.3. The zero-order valence-electron chi connectivity index (χ0n) is 17.9. The number of nitrogens with zero attached hydrogens (tertiary/aromatic N) is 5. The highest BCUT2D eigenvalue weighted by Gasteiger charge is 2.27. The predicted molar refractivity (Wildman–Crippen MR) is 123 cm³/mol. The third-order valence-electron chi connectivity index (χ3n) is 5.27. The fourth-order valence-corrected chi connectivity index (χ4v) is 4.89. The Hall–Kier alpha value is -2.20. The molecule has 1 aromatic carbocycles. The summed E-state index contributed by atoms with van der Waals surface area (Å²) in [5, 5.41) is 5.51. The number of methoxy groups -OCH3 is 1. The summed E-state index contributed by atoms with van der Waals surface area (Å²) >= 11 is 7.82. The van der Waals surface area contributed by atoms with Crippen molar-refractivity contribution in [1.82, 2.24) is 19.7 Å². The summed E-state index contributed by atoms with van der Waals surface area (Å²) in [5.41, 5.74) is 1.20. The molecular formula is C21H26ClN5O3S. The molecular weight excluding hydrogens is 438 g/mol. The summed E-state index contributed by atoms with van der Waals surface area (Å²) in [6.45, 7) is 8.36. The van der Waals surface area contributed by atoms with Crippen LogP contribution in [0.5, 0.6) is 5.75 Å². The van der Waals surface area contributed by atoms with Crippen molar-refractivity contribution in [3.8, 4) is 5.75 Å². The van der Waals surface area contributed by atoms with E-state index in [4.69, 9.17) is 26.1 Å². The molecule has 31 heavy (non-hydrogen) atoms. The number of hydrogen-bond acceptors (Lipinski definition) is 7. The molecule has 3 aromatic rings. The van der Waals surface area contributed by atoms with Gasteiger partial charge in [0.05, 0.1) is 30.0 Å². The fourth-order valence-electron chi connectivity index (χ4n) is 3.60. The lowest BCUT2D eigenvalue weighted by atomic mass is 10.3. The summed E-state index contributed by atoms with van der Waals surface area (Å²) < 4.78 is 13.4. The van der Waals surface area contributed by atoms with Gasteiger partial charge in [0.1, 0.15) is 17.0 Å². The normalized spacial score (nSPS) is 15.0. The summed E-state index contributed by atoms with van der Waals surface area (Å²) in [6, 6.07) is 5.41. The van der Waals surface area contributed by atoms with Crippen molar-refractivity contribution in [3.05, 3.63) is 35.1 Å². The highest BCUT2D eigenvalue weighted by atomic mass is 35.5. The topological polar surface area (TPSA) is 72.7 Å². The van der Waals surface area contributed by atoms with Crippen molar-refractivity contribution in [2.45, 2.75) is 19.9 Å². The van der Waals surface area contributed by atoms with Crippen LogP contribution in [0.4, 0.5) is 5.13 Å². The summed E-state index contributed by atoms with van der Waals surface area (Å²) in [5.74, 6) is 0.503. The molecule has 2 aromatic heterocycles. The average molecular weight is 464 g/mol. The number of carbonyl (C=O) groups excluding carboxylic acids is 1. The Morgan fingerprint density at radius 2 is 2.10 bits per heavy atom. The van der Waals surface area contributed by atoms with E-state index in [9.17, 15) is 4.79 Å². The molecule has 1 aliphatic heterocycles. The maximum absolute atomic E-state index is 13.6. The highest BCUT2D eigenvalue weighted by Crippen LogP contribution is 2.39. The molecule has 1 aliphatic rings. The fraction of sp³-hybridized carbons (Fsp3) is 0.476. The second-order valence-electron chi connectivity index (χ2n) is 7.59. The Labute approximate surface area is 190 Å². The number of carbonyl (C=O) groups is 1. The lowest BCUT2D eigenvalue weighted by Crippen LogP contribution is -2.43. The quantitative estimate of drug-likeness (QED) is 0.531. The number of ether oxygens (including phenoxy) is 2. The van der Waals surface area contributed by atoms with Crippen molar-refractivity contribution in [2.24, 2.45) is 0 Å². The van der Waals surface area contributed by atoms with Gasteiger partial charge in [0, 0.05) is 38.4 Å². The van der Waals surface area contributed by atoms with Crippen LogP contribution in [0.1, 0.15) is 30.4 Å². The number of anilines is 1. The Morgan fingerprint density at radius 1 is 1.32 bits per heavy atom. The SMILES string of the molecule is COc1ccc(Cl)c2sc(N(CCN3CCOCC3)C(=O)c3ccnn3C(C)C)nc12. The van der Waals surface area contributed by atoms with Gasteiger partial charge in [-0.15, -0.1) is 0 Å². The molecule has 0 bridgehead atoms. The molecule has 3 heterocycles. The third-order valence-corrected chi connectivity index (χ3v) is 6.80. The van der Waals surface area contributed by atoms with E-state index in [1.54, 1.807) is 41.1 Å². The predicted octanol–water partition coefficient (Wildman–Crippen LogP) is 3.71. The average Bonchev–Trinajstić information content (AvgIpc) is 3.43. The number of hydrogen-bond donors (Lipinski definition) is 0. The van der Waals surface area contributed by atoms with Gasteiger partial charge in [-0.1, -0.05) is 22.9 Å². The second-order valence-corrected chi connectivity index (χ2v) is 8.97. The molecule has 8 nitrogen and oxygen atoms in total. The number of fused-ring (bicyclic) bond motifs is 1. The molecule has 0 N–H and O–H groups in total. The number of rotatable bonds is 7. The third kappa shape index (κ3) is 4.55. The molecule has 1 saturated heterocycles. The summed E-state index contributed by atoms with van der Waals surface area (Å²) in [6.07, 6.45) is 1.66. The van der Waals surface area contributed by atoms with Crippen LogP contribution in [0.15, 0.2) is 24.4 Å². The van der Waals surface area contributed by atoms with Crippen molar-refractivity contribution in [1.29, 1.82) is 0 Å². The Morgan fingerprint density at radius 3 is 2.81 bits per heavy atom. The lowest BCUT2D eigenvalue weighted by molar-refractivity contribution is 0.0391. The minimum Gasteiger partial charge on any atom is -0.494 e. The minimum absolute atomic E-state index is 0.0694. The van der Waals surface area contributed by atoms with Crippen LogP contribution >= 0.6 is 22.9 Å². The van der Waals surface area contributed by atoms with Crippen LogP contribution in [0.3, 0.4) is 0 Å². The monoisotopic (exact) mass is 463 g/mol. The van der Waals surface area contributed by atoms with E-state index < -0.39 is 0 Å². The van der Waals surface area contributed by atoms with E-state index in [1.807, 2.05) is 13.8 Å². The molecule has 1 fully saturated rings. The standard InChI is InChI=1S/C21H26ClN5O3S/c1-14(2)27-16(6-7-23-27)20(28)26(9-8-25-10-12-30-13-11-25)21-24-18-17(29-3)5-4-15(22)19(18)31-21/h4-7,14H,8-13H2,1-3H3. The van der Waals surface area contributed by atoms with Gasteiger partial charge in [-0.3, -0.25) is 19.3 Å². The number of amides is 1. The molecule has 166 valence electrons. The van der Waals surface area contributed by atoms with Crippen LogP contribution in [0.2, 0.25) is 5.02 Å². The zero-order chi connectivity index (χ0) is 22.0. The minimum atomic E-state index is -0.131. The number of benzene rings is 1. The van der Waals surface area contributed by atoms with E-state index in [1.165, 1.54) is 11.3 Å². The first kappa shape index (κ1) is 22.0. The van der Waals surface area contributed by atoms with E-state index in [-0.39, 0.29) is 11.9 Å². The molecule has 0 radical (unpaired) electrons. The van der Waals surface area contributed by atoms with Crippen LogP contribution < -0.4 is 9.64 Å². The van der Waals surface area contributed by atoms with Gasteiger partial charge in [0.25, 0.3) is 5.91 Å². The van der Waals surface area contributed by atoms with Crippen LogP contribution in [0.25, 0.3) is 10.2 Å². The van der Waals surface area contributed by atoms with Gasteiger partial charge >= 0.3 is 0 Å². The summed E-state index contributed by atoms with van der Waals surface area (Å²) in [4.78, 5) is 22.4. The van der Waals surface area contributed by atoms with Crippen LogP contribution in [0, 0.1) is 0 Å². The molecule has 4 rings (SSSR count). The maximum Gasteiger partial charge on any atom is 0.278 e. The second kappa shape index (κ2) is 9.52. The Bertz CT molecular complexity index is 1060. The van der Waals surface area contributed by atoms with Crippen molar-refractivity contribution < 1.29 is 14.3 Å². The van der Waals surface area contributed by atoms with Crippen molar-refractivity contribution in [3.63, 3.8) is 0 Å².